The number of hydrogen-bond donors (Lipinski definition) is 1. The molecule has 2 aromatic carbocycles. The highest BCUT2D eigenvalue weighted by molar-refractivity contribution is 14.1. The van der Waals surface area contributed by atoms with Gasteiger partial charge in [-0.05, 0) is 65.4 Å². The highest BCUT2D eigenvalue weighted by Gasteiger charge is 2.14. The Morgan fingerprint density at radius 1 is 1.25 bits per heavy atom. The first-order valence-corrected chi connectivity index (χ1v) is 10.0. The molecular weight excluding hydrogens is 543 g/mol. The van der Waals surface area contributed by atoms with E-state index in [0.717, 1.165) is 4.47 Å². The van der Waals surface area contributed by atoms with E-state index in [1.807, 2.05) is 29.5 Å². The Morgan fingerprint density at radius 2 is 2.00 bits per heavy atom. The largest absolute Gasteiger partial charge is 0.496 e. The molecule has 0 heterocycles. The molecule has 148 valence electrons. The van der Waals surface area contributed by atoms with Gasteiger partial charge in [0.25, 0.3) is 5.91 Å². The molecule has 0 fully saturated rings. The molecule has 0 bridgehead atoms. The fourth-order valence-corrected chi connectivity index (χ4v) is 3.35. The Balaban J connectivity index is 2.21. The van der Waals surface area contributed by atoms with Crippen molar-refractivity contribution in [2.45, 2.75) is 13.8 Å². The van der Waals surface area contributed by atoms with Crippen LogP contribution in [-0.4, -0.2) is 31.8 Å². The molecule has 2 rings (SSSR count). The Labute approximate surface area is 184 Å². The van der Waals surface area contributed by atoms with E-state index in [1.165, 1.54) is 20.2 Å². The first-order valence-electron chi connectivity index (χ1n) is 8.17. The summed E-state index contributed by atoms with van der Waals surface area (Å²) >= 11 is 5.37. The number of rotatable bonds is 7. The van der Waals surface area contributed by atoms with Gasteiger partial charge in [0.05, 0.1) is 29.1 Å². The van der Waals surface area contributed by atoms with E-state index in [2.05, 4.69) is 26.5 Å². The van der Waals surface area contributed by atoms with Crippen LogP contribution in [0.5, 0.6) is 17.2 Å². The summed E-state index contributed by atoms with van der Waals surface area (Å²) in [4.78, 5) is 23.7. The summed E-state index contributed by atoms with van der Waals surface area (Å²) in [5.41, 5.74) is 3.49. The SMILES string of the molecule is CCOc1cc(/C=N\NC(=O)c2cc(Br)ccc2OC)cc(I)c1OC(C)=O. The van der Waals surface area contributed by atoms with Crippen LogP contribution in [0.4, 0.5) is 0 Å². The van der Waals surface area contributed by atoms with Gasteiger partial charge in [0.1, 0.15) is 5.75 Å². The Hall–Kier alpha value is -2.14. The van der Waals surface area contributed by atoms with Crippen molar-refractivity contribution in [1.82, 2.24) is 5.43 Å². The van der Waals surface area contributed by atoms with Crippen LogP contribution in [0.1, 0.15) is 29.8 Å². The van der Waals surface area contributed by atoms with E-state index in [4.69, 9.17) is 14.2 Å². The first-order chi connectivity index (χ1) is 13.3. The smallest absolute Gasteiger partial charge is 0.308 e. The van der Waals surface area contributed by atoms with Crippen LogP contribution in [0.2, 0.25) is 0 Å². The fraction of sp³-hybridized carbons (Fsp3) is 0.211. The van der Waals surface area contributed by atoms with Crippen LogP contribution in [0.25, 0.3) is 0 Å². The zero-order valence-electron chi connectivity index (χ0n) is 15.4. The van der Waals surface area contributed by atoms with Crippen molar-refractivity contribution in [2.24, 2.45) is 5.10 Å². The second-order valence-electron chi connectivity index (χ2n) is 5.40. The monoisotopic (exact) mass is 560 g/mol. The molecule has 7 nitrogen and oxygen atoms in total. The molecule has 0 aliphatic heterocycles. The van der Waals surface area contributed by atoms with Crippen molar-refractivity contribution in [3.8, 4) is 17.2 Å². The first kappa shape index (κ1) is 22.2. The molecule has 1 N–H and O–H groups in total. The molecule has 0 aromatic heterocycles. The van der Waals surface area contributed by atoms with Gasteiger partial charge < -0.3 is 14.2 Å². The molecular formula is C19H18BrIN2O5. The molecule has 9 heteroatoms. The number of amides is 1. The zero-order valence-corrected chi connectivity index (χ0v) is 19.2. The van der Waals surface area contributed by atoms with E-state index < -0.39 is 11.9 Å². The lowest BCUT2D eigenvalue weighted by molar-refractivity contribution is -0.132. The normalized spacial score (nSPS) is 10.6. The van der Waals surface area contributed by atoms with Gasteiger partial charge in [-0.2, -0.15) is 5.10 Å². The van der Waals surface area contributed by atoms with E-state index in [0.29, 0.717) is 38.6 Å². The van der Waals surface area contributed by atoms with Crippen LogP contribution in [0.15, 0.2) is 39.9 Å². The second-order valence-corrected chi connectivity index (χ2v) is 7.48. The van der Waals surface area contributed by atoms with Gasteiger partial charge in [-0.15, -0.1) is 0 Å². The number of nitrogens with one attached hydrogen (secondary N) is 1. The summed E-state index contributed by atoms with van der Waals surface area (Å²) in [5, 5.41) is 3.99. The molecule has 1 amide bonds. The molecule has 0 atom stereocenters. The summed E-state index contributed by atoms with van der Waals surface area (Å²) in [7, 11) is 1.49. The highest BCUT2D eigenvalue weighted by atomic mass is 127. The summed E-state index contributed by atoms with van der Waals surface area (Å²) < 4.78 is 17.4. The van der Waals surface area contributed by atoms with Gasteiger partial charge in [0.15, 0.2) is 11.5 Å². The van der Waals surface area contributed by atoms with Crippen molar-refractivity contribution in [3.63, 3.8) is 0 Å². The number of methoxy groups -OCH3 is 1. The molecule has 0 unspecified atom stereocenters. The van der Waals surface area contributed by atoms with E-state index in [1.54, 1.807) is 30.3 Å². The van der Waals surface area contributed by atoms with Gasteiger partial charge in [0.2, 0.25) is 0 Å². The molecule has 0 saturated heterocycles. The quantitative estimate of drug-likeness (QED) is 0.181. The fourth-order valence-electron chi connectivity index (χ4n) is 2.25. The predicted octanol–water partition coefficient (Wildman–Crippen LogP) is 4.15. The lowest BCUT2D eigenvalue weighted by Gasteiger charge is -2.12. The van der Waals surface area contributed by atoms with Crippen LogP contribution in [0.3, 0.4) is 0 Å². The average Bonchev–Trinajstić information content (AvgIpc) is 2.64. The molecule has 0 radical (unpaired) electrons. The third-order valence-electron chi connectivity index (χ3n) is 3.36. The second kappa shape index (κ2) is 10.4. The van der Waals surface area contributed by atoms with E-state index >= 15 is 0 Å². The number of carbonyl (C=O) groups is 2. The molecule has 2 aromatic rings. The highest BCUT2D eigenvalue weighted by Crippen LogP contribution is 2.34. The summed E-state index contributed by atoms with van der Waals surface area (Å²) in [6.45, 7) is 3.56. The van der Waals surface area contributed by atoms with Crippen LogP contribution >= 0.6 is 38.5 Å². The van der Waals surface area contributed by atoms with Crippen molar-refractivity contribution in [1.29, 1.82) is 0 Å². The number of halogens is 2. The number of carbonyl (C=O) groups excluding carboxylic acids is 2. The summed E-state index contributed by atoms with van der Waals surface area (Å²) in [5.74, 6) is 0.372. The third kappa shape index (κ3) is 5.93. The molecule has 28 heavy (non-hydrogen) atoms. The minimum atomic E-state index is -0.435. The van der Waals surface area contributed by atoms with Crippen molar-refractivity contribution >= 4 is 56.6 Å². The Morgan fingerprint density at radius 3 is 2.64 bits per heavy atom. The molecule has 0 aliphatic rings. The van der Waals surface area contributed by atoms with Gasteiger partial charge in [-0.25, -0.2) is 5.43 Å². The van der Waals surface area contributed by atoms with Crippen molar-refractivity contribution in [2.75, 3.05) is 13.7 Å². The van der Waals surface area contributed by atoms with Crippen molar-refractivity contribution in [3.05, 3.63) is 49.5 Å². The third-order valence-corrected chi connectivity index (χ3v) is 4.66. The van der Waals surface area contributed by atoms with Gasteiger partial charge in [-0.1, -0.05) is 15.9 Å². The maximum atomic E-state index is 12.4. The van der Waals surface area contributed by atoms with Crippen LogP contribution < -0.4 is 19.6 Å². The maximum absolute atomic E-state index is 12.4. The lowest BCUT2D eigenvalue weighted by atomic mass is 10.2. The number of nitrogens with zero attached hydrogens (tertiary/aromatic N) is 1. The van der Waals surface area contributed by atoms with E-state index in [-0.39, 0.29) is 0 Å². The number of ether oxygens (including phenoxy) is 3. The topological polar surface area (TPSA) is 86.2 Å². The predicted molar refractivity (Wildman–Crippen MR) is 117 cm³/mol. The van der Waals surface area contributed by atoms with Crippen LogP contribution in [-0.2, 0) is 4.79 Å². The molecule has 0 saturated carbocycles. The maximum Gasteiger partial charge on any atom is 0.308 e. The standard InChI is InChI=1S/C19H18BrIN2O5/c1-4-27-17-8-12(7-15(21)18(17)28-11(2)24)10-22-23-19(25)14-9-13(20)5-6-16(14)26-3/h5-10H,4H2,1-3H3,(H,23,25)/b22-10-. The van der Waals surface area contributed by atoms with Crippen LogP contribution in [0, 0.1) is 3.57 Å². The summed E-state index contributed by atoms with van der Waals surface area (Å²) in [6, 6.07) is 8.55. The van der Waals surface area contributed by atoms with Crippen molar-refractivity contribution < 1.29 is 23.8 Å². The molecule has 0 aliphatic carbocycles. The zero-order chi connectivity index (χ0) is 20.7. The van der Waals surface area contributed by atoms with E-state index in [9.17, 15) is 9.59 Å². The minimum absolute atomic E-state index is 0.351. The molecule has 0 spiro atoms. The van der Waals surface area contributed by atoms with Gasteiger partial charge in [0, 0.05) is 11.4 Å². The number of benzene rings is 2. The Kier molecular flexibility index (Phi) is 8.24. The number of esters is 1. The average molecular weight is 561 g/mol. The number of hydrogen-bond acceptors (Lipinski definition) is 6. The summed E-state index contributed by atoms with van der Waals surface area (Å²) in [6.07, 6.45) is 1.48. The van der Waals surface area contributed by atoms with Gasteiger partial charge >= 0.3 is 5.97 Å². The van der Waals surface area contributed by atoms with Gasteiger partial charge in [-0.3, -0.25) is 9.59 Å². The Bertz CT molecular complexity index is 917. The number of hydrazone groups is 1. The minimum Gasteiger partial charge on any atom is -0.496 e. The lowest BCUT2D eigenvalue weighted by Crippen LogP contribution is -2.18.